The highest BCUT2D eigenvalue weighted by Crippen LogP contribution is 2.28. The van der Waals surface area contributed by atoms with Gasteiger partial charge in [0.25, 0.3) is 0 Å². The van der Waals surface area contributed by atoms with Crippen LogP contribution in [0.3, 0.4) is 0 Å². The van der Waals surface area contributed by atoms with Crippen molar-refractivity contribution in [3.63, 3.8) is 0 Å². The van der Waals surface area contributed by atoms with Crippen LogP contribution < -0.4 is 10.6 Å². The zero-order valence-corrected chi connectivity index (χ0v) is 16.3. The van der Waals surface area contributed by atoms with Crippen molar-refractivity contribution in [2.75, 3.05) is 39.1 Å². The van der Waals surface area contributed by atoms with Gasteiger partial charge in [-0.05, 0) is 45.8 Å². The average Bonchev–Trinajstić information content (AvgIpc) is 3.19. The Kier molecular flexibility index (Phi) is 11.1. The summed E-state index contributed by atoms with van der Waals surface area (Å²) in [7, 11) is 0. The number of thioether (sulfide) groups is 1. The molecule has 0 atom stereocenters. The molecular weight excluding hydrogens is 385 g/mol. The number of hydrogen-bond donors (Lipinski definition) is 2. The summed E-state index contributed by atoms with van der Waals surface area (Å²) in [5, 5.41) is 6.58. The first-order valence-corrected chi connectivity index (χ1v) is 8.45. The molecule has 0 unspecified atom stereocenters. The molecule has 1 aliphatic carbocycles. The van der Waals surface area contributed by atoms with Gasteiger partial charge in [0.05, 0.1) is 13.2 Å². The van der Waals surface area contributed by atoms with Crippen LogP contribution in [0.5, 0.6) is 0 Å². The van der Waals surface area contributed by atoms with Gasteiger partial charge in [-0.3, -0.25) is 4.99 Å². The van der Waals surface area contributed by atoms with Crippen LogP contribution in [0.4, 0.5) is 0 Å². The monoisotopic (exact) mass is 415 g/mol. The third-order valence-corrected chi connectivity index (χ3v) is 4.34. The Labute approximate surface area is 145 Å². The number of halogens is 1. The van der Waals surface area contributed by atoms with Gasteiger partial charge in [0, 0.05) is 24.4 Å². The third kappa shape index (κ3) is 10.1. The topological polar surface area (TPSA) is 45.7 Å². The lowest BCUT2D eigenvalue weighted by atomic mass is 10.2. The van der Waals surface area contributed by atoms with Crippen LogP contribution in [0.15, 0.2) is 4.99 Å². The quantitative estimate of drug-likeness (QED) is 0.263. The molecule has 0 heterocycles. The maximum Gasteiger partial charge on any atom is 0.191 e. The van der Waals surface area contributed by atoms with E-state index in [4.69, 9.17) is 4.74 Å². The molecule has 1 saturated carbocycles. The minimum absolute atomic E-state index is 0. The van der Waals surface area contributed by atoms with Crippen molar-refractivity contribution in [1.82, 2.24) is 10.6 Å². The highest BCUT2D eigenvalue weighted by Gasteiger charge is 2.20. The van der Waals surface area contributed by atoms with E-state index >= 15 is 0 Å². The maximum absolute atomic E-state index is 5.60. The molecule has 0 amide bonds. The van der Waals surface area contributed by atoms with E-state index in [1.54, 1.807) is 0 Å². The van der Waals surface area contributed by atoms with Crippen molar-refractivity contribution in [1.29, 1.82) is 0 Å². The molecule has 0 aromatic carbocycles. The van der Waals surface area contributed by atoms with E-state index in [0.29, 0.717) is 0 Å². The zero-order chi connectivity index (χ0) is 14.1. The van der Waals surface area contributed by atoms with E-state index in [1.165, 1.54) is 12.8 Å². The zero-order valence-electron chi connectivity index (χ0n) is 13.2. The summed E-state index contributed by atoms with van der Waals surface area (Å²) in [6.45, 7) is 10.7. The lowest BCUT2D eigenvalue weighted by molar-refractivity contribution is 0.129. The predicted octanol–water partition coefficient (Wildman–Crippen LogP) is 2.73. The molecule has 0 aliphatic heterocycles. The summed E-state index contributed by atoms with van der Waals surface area (Å²) < 4.78 is 5.79. The number of hydrogen-bond acceptors (Lipinski definition) is 3. The lowest BCUT2D eigenvalue weighted by Gasteiger charge is -2.20. The highest BCUT2D eigenvalue weighted by molar-refractivity contribution is 14.0. The molecule has 1 aliphatic rings. The Bertz CT molecular complexity index is 284. The Hall–Kier alpha value is 0.310. The molecule has 1 rings (SSSR count). The van der Waals surface area contributed by atoms with Gasteiger partial charge in [-0.25, -0.2) is 0 Å². The smallest absolute Gasteiger partial charge is 0.191 e. The van der Waals surface area contributed by atoms with Crippen LogP contribution in [-0.2, 0) is 4.74 Å². The Morgan fingerprint density at radius 2 is 2.05 bits per heavy atom. The molecule has 6 heteroatoms. The molecule has 120 valence electrons. The van der Waals surface area contributed by atoms with Gasteiger partial charge in [-0.15, -0.1) is 24.0 Å². The van der Waals surface area contributed by atoms with Crippen molar-refractivity contribution in [3.05, 3.63) is 0 Å². The molecule has 0 bridgehead atoms. The van der Waals surface area contributed by atoms with E-state index in [-0.39, 0.29) is 28.7 Å². The van der Waals surface area contributed by atoms with Crippen LogP contribution in [0.1, 0.15) is 33.6 Å². The van der Waals surface area contributed by atoms with Crippen LogP contribution in [-0.4, -0.2) is 49.8 Å². The summed E-state index contributed by atoms with van der Waals surface area (Å²) in [6, 6.07) is 0. The molecule has 0 spiro atoms. The van der Waals surface area contributed by atoms with Crippen molar-refractivity contribution in [3.8, 4) is 0 Å². The van der Waals surface area contributed by atoms with Crippen LogP contribution >= 0.6 is 35.7 Å². The van der Waals surface area contributed by atoms with Gasteiger partial charge in [0.1, 0.15) is 0 Å². The fourth-order valence-corrected chi connectivity index (χ4v) is 1.65. The number of ether oxygens (including phenoxy) is 1. The van der Waals surface area contributed by atoms with Gasteiger partial charge >= 0.3 is 0 Å². The summed E-state index contributed by atoms with van der Waals surface area (Å²) in [5.41, 5.74) is 0. The molecule has 0 aromatic heterocycles. The Balaban J connectivity index is 0.00000361. The first-order chi connectivity index (χ1) is 9.07. The Morgan fingerprint density at radius 3 is 2.60 bits per heavy atom. The minimum Gasteiger partial charge on any atom is -0.379 e. The predicted molar refractivity (Wildman–Crippen MR) is 101 cm³/mol. The van der Waals surface area contributed by atoms with Gasteiger partial charge in [0.2, 0.25) is 0 Å². The number of guanidine groups is 1. The van der Waals surface area contributed by atoms with E-state index in [9.17, 15) is 0 Å². The SMILES string of the molecule is CCNC(=NCC(C)(C)SC)NCCOCC1CC1.I. The maximum atomic E-state index is 5.60. The first kappa shape index (κ1) is 20.3. The Morgan fingerprint density at radius 1 is 1.35 bits per heavy atom. The summed E-state index contributed by atoms with van der Waals surface area (Å²) in [6.07, 6.45) is 4.82. The molecule has 2 N–H and O–H groups in total. The van der Waals surface area contributed by atoms with Crippen LogP contribution in [0, 0.1) is 5.92 Å². The van der Waals surface area contributed by atoms with Crippen LogP contribution in [0.25, 0.3) is 0 Å². The molecule has 4 nitrogen and oxygen atoms in total. The number of nitrogens with zero attached hydrogens (tertiary/aromatic N) is 1. The second-order valence-corrected chi connectivity index (χ2v) is 7.12. The van der Waals surface area contributed by atoms with Gasteiger partial charge in [0.15, 0.2) is 5.96 Å². The van der Waals surface area contributed by atoms with E-state index in [1.807, 2.05) is 11.8 Å². The van der Waals surface area contributed by atoms with E-state index in [2.05, 4.69) is 42.7 Å². The largest absolute Gasteiger partial charge is 0.379 e. The van der Waals surface area contributed by atoms with Gasteiger partial charge < -0.3 is 15.4 Å². The number of rotatable bonds is 9. The fraction of sp³-hybridized carbons (Fsp3) is 0.929. The molecule has 0 saturated heterocycles. The van der Waals surface area contributed by atoms with Crippen LogP contribution in [0.2, 0.25) is 0 Å². The molecule has 0 radical (unpaired) electrons. The molecular formula is C14H30IN3OS. The van der Waals surface area contributed by atoms with Crippen molar-refractivity contribution in [2.45, 2.75) is 38.4 Å². The van der Waals surface area contributed by atoms with Gasteiger partial charge in [-0.2, -0.15) is 11.8 Å². The van der Waals surface area contributed by atoms with Crippen molar-refractivity contribution in [2.24, 2.45) is 10.9 Å². The van der Waals surface area contributed by atoms with E-state index < -0.39 is 0 Å². The minimum atomic E-state index is 0. The first-order valence-electron chi connectivity index (χ1n) is 7.22. The summed E-state index contributed by atoms with van der Waals surface area (Å²) >= 11 is 1.84. The standard InChI is InChI=1S/C14H29N3OS.HI/c1-5-15-13(17-11-14(2,3)19-4)16-8-9-18-10-12-6-7-12;/h12H,5-11H2,1-4H3,(H2,15,16,17);1H. The second-order valence-electron chi connectivity index (χ2n) is 5.60. The molecule has 0 aromatic rings. The molecule has 1 fully saturated rings. The third-order valence-electron chi connectivity index (χ3n) is 3.10. The molecule has 20 heavy (non-hydrogen) atoms. The van der Waals surface area contributed by atoms with Crippen molar-refractivity contribution < 1.29 is 4.74 Å². The fourth-order valence-electron chi connectivity index (χ4n) is 1.45. The highest BCUT2D eigenvalue weighted by atomic mass is 127. The average molecular weight is 415 g/mol. The normalized spacial score (nSPS) is 15.7. The number of nitrogens with one attached hydrogen (secondary N) is 2. The lowest BCUT2D eigenvalue weighted by Crippen LogP contribution is -2.40. The van der Waals surface area contributed by atoms with Crippen molar-refractivity contribution >= 4 is 41.7 Å². The van der Waals surface area contributed by atoms with E-state index in [0.717, 1.165) is 44.7 Å². The summed E-state index contributed by atoms with van der Waals surface area (Å²) in [5.74, 6) is 1.73. The second kappa shape index (κ2) is 11.0. The summed E-state index contributed by atoms with van der Waals surface area (Å²) in [4.78, 5) is 4.62. The number of aliphatic imine (C=N–C) groups is 1. The van der Waals surface area contributed by atoms with Gasteiger partial charge in [-0.1, -0.05) is 0 Å².